The van der Waals surface area contributed by atoms with Crippen LogP contribution < -0.4 is 0 Å². The average Bonchev–Trinajstić information content (AvgIpc) is 2.41. The third kappa shape index (κ3) is 1.99. The van der Waals surface area contributed by atoms with Crippen molar-refractivity contribution in [3.05, 3.63) is 35.4 Å². The van der Waals surface area contributed by atoms with Crippen molar-refractivity contribution in [3.63, 3.8) is 0 Å². The zero-order chi connectivity index (χ0) is 12.3. The molecule has 4 heteroatoms. The molecule has 1 aliphatic rings. The van der Waals surface area contributed by atoms with Crippen LogP contribution in [0.5, 0.6) is 0 Å². The summed E-state index contributed by atoms with van der Waals surface area (Å²) < 4.78 is -0.149. The first-order valence-corrected chi connectivity index (χ1v) is 8.47. The summed E-state index contributed by atoms with van der Waals surface area (Å²) in [4.78, 5) is 33.6. The molecule has 0 bridgehead atoms. The summed E-state index contributed by atoms with van der Waals surface area (Å²) >= 11 is -3.31. The van der Waals surface area contributed by atoms with Gasteiger partial charge in [0.15, 0.2) is 0 Å². The van der Waals surface area contributed by atoms with Gasteiger partial charge in [0.25, 0.3) is 0 Å². The van der Waals surface area contributed by atoms with E-state index in [9.17, 15) is 14.4 Å². The maximum atomic E-state index is 11.2. The fraction of sp³-hybridized carbons (Fsp3) is 0.308. The van der Waals surface area contributed by atoms with Gasteiger partial charge in [-0.15, -0.1) is 0 Å². The molecule has 0 aliphatic heterocycles. The van der Waals surface area contributed by atoms with Crippen LogP contribution in [0.25, 0.3) is 0 Å². The Balaban J connectivity index is 2.51. The molecule has 1 aromatic carbocycles. The van der Waals surface area contributed by atoms with E-state index in [1.165, 1.54) is 5.56 Å². The molecule has 3 nitrogen and oxygen atoms in total. The molecule has 0 saturated carbocycles. The number of hydrogen-bond donors (Lipinski definition) is 0. The third-order valence-electron chi connectivity index (χ3n) is 3.31. The van der Waals surface area contributed by atoms with E-state index in [0.717, 1.165) is 24.8 Å². The molecule has 1 atom stereocenters. The van der Waals surface area contributed by atoms with Crippen molar-refractivity contribution < 1.29 is 27.5 Å². The second-order valence-corrected chi connectivity index (χ2v) is 8.53. The maximum absolute atomic E-state index is 11.2. The van der Waals surface area contributed by atoms with Crippen LogP contribution in [0.3, 0.4) is 0 Å². The summed E-state index contributed by atoms with van der Waals surface area (Å²) in [7, 11) is 0. The average molecular weight is 270 g/mol. The van der Waals surface area contributed by atoms with Crippen molar-refractivity contribution in [1.29, 1.82) is 0 Å². The van der Waals surface area contributed by atoms with E-state index >= 15 is 0 Å². The van der Waals surface area contributed by atoms with Gasteiger partial charge in [-0.05, 0) is 0 Å². The van der Waals surface area contributed by atoms with Crippen molar-refractivity contribution >= 4 is 15.4 Å². The Morgan fingerprint density at radius 1 is 1.06 bits per heavy atom. The molecule has 0 heterocycles. The van der Waals surface area contributed by atoms with E-state index in [0.29, 0.717) is 15.4 Å². The first-order chi connectivity index (χ1) is 8.27. The first kappa shape index (κ1) is 12.2. The van der Waals surface area contributed by atoms with E-state index in [4.69, 9.17) is 0 Å². The van der Waals surface area contributed by atoms with Gasteiger partial charge in [-0.3, -0.25) is 0 Å². The van der Waals surface area contributed by atoms with Crippen molar-refractivity contribution in [1.82, 2.24) is 0 Å². The number of carbonyl (C=O) groups is 3. The molecule has 1 aromatic rings. The van der Waals surface area contributed by atoms with E-state index < -0.39 is 13.1 Å². The second kappa shape index (κ2) is 4.95. The predicted octanol–water partition coefficient (Wildman–Crippen LogP) is 1.79. The zero-order valence-electron chi connectivity index (χ0n) is 9.37. The summed E-state index contributed by atoms with van der Waals surface area (Å²) in [6, 6.07) is 7.82. The van der Waals surface area contributed by atoms with Crippen LogP contribution in [0.1, 0.15) is 28.7 Å². The van der Waals surface area contributed by atoms with Crippen molar-refractivity contribution in [2.75, 3.05) is 0 Å². The molecule has 90 valence electrons. The van der Waals surface area contributed by atoms with Gasteiger partial charge >= 0.3 is 102 Å². The van der Waals surface area contributed by atoms with Gasteiger partial charge in [0.1, 0.15) is 0 Å². The summed E-state index contributed by atoms with van der Waals surface area (Å²) in [6.45, 7) is 0. The van der Waals surface area contributed by atoms with Crippen LogP contribution in [-0.4, -0.2) is 15.4 Å². The van der Waals surface area contributed by atoms with E-state index in [1.807, 2.05) is 24.3 Å². The zero-order valence-corrected chi connectivity index (χ0v) is 10.6. The summed E-state index contributed by atoms with van der Waals surface area (Å²) in [5.41, 5.74) is 2.21. The molecule has 0 fully saturated rings. The molecule has 1 unspecified atom stereocenters. The molecule has 0 aromatic heterocycles. The Kier molecular flexibility index (Phi) is 3.56. The van der Waals surface area contributed by atoms with Gasteiger partial charge in [-0.25, -0.2) is 0 Å². The number of aryl methyl sites for hydroxylation is 1. The minimum absolute atomic E-state index is 0.149. The molecule has 0 saturated heterocycles. The summed E-state index contributed by atoms with van der Waals surface area (Å²) in [5, 5.41) is 1.93. The number of fused-ring (bicyclic) bond motifs is 1. The van der Waals surface area contributed by atoms with Crippen LogP contribution in [-0.2, 0) is 33.9 Å². The van der Waals surface area contributed by atoms with E-state index in [2.05, 4.69) is 0 Å². The molecule has 2 rings (SSSR count). The van der Waals surface area contributed by atoms with Gasteiger partial charge in [-0.1, -0.05) is 0 Å². The monoisotopic (exact) mass is 270 g/mol. The SMILES string of the molecule is O=[CH][Cr]([CH]=O)([CH]=O)[CH]1CCCc2ccccc21. The van der Waals surface area contributed by atoms with Crippen molar-refractivity contribution in [2.45, 2.75) is 24.0 Å². The molecule has 0 spiro atoms. The fourth-order valence-corrected chi connectivity index (χ4v) is 5.19. The van der Waals surface area contributed by atoms with Crippen molar-refractivity contribution in [2.24, 2.45) is 0 Å². The van der Waals surface area contributed by atoms with Crippen molar-refractivity contribution in [3.8, 4) is 0 Å². The molecular formula is C13H14CrO3. The molecular weight excluding hydrogens is 256 g/mol. The van der Waals surface area contributed by atoms with Gasteiger partial charge in [0.2, 0.25) is 0 Å². The Labute approximate surface area is 103 Å². The van der Waals surface area contributed by atoms with Gasteiger partial charge in [0, 0.05) is 0 Å². The topological polar surface area (TPSA) is 51.2 Å². The Morgan fingerprint density at radius 3 is 2.35 bits per heavy atom. The molecule has 17 heavy (non-hydrogen) atoms. The number of benzene rings is 1. The Hall–Kier alpha value is -1.24. The van der Waals surface area contributed by atoms with Crippen LogP contribution in [0.2, 0.25) is 0 Å². The van der Waals surface area contributed by atoms with E-state index in [-0.39, 0.29) is 4.78 Å². The number of rotatable bonds is 4. The quantitative estimate of drug-likeness (QED) is 0.784. The Bertz CT molecular complexity index is 434. The molecule has 0 N–H and O–H groups in total. The number of hydrogen-bond acceptors (Lipinski definition) is 3. The molecule has 0 amide bonds. The van der Waals surface area contributed by atoms with Crippen LogP contribution in [0.15, 0.2) is 24.3 Å². The van der Waals surface area contributed by atoms with Gasteiger partial charge < -0.3 is 0 Å². The Morgan fingerprint density at radius 2 is 1.71 bits per heavy atom. The van der Waals surface area contributed by atoms with Crippen LogP contribution >= 0.6 is 0 Å². The standard InChI is InChI=1S/C10H11.3CHO.Cr/c1-2-6-10-8-4-3-7-9(10)5-1;3*1-2;/h1-2,5-7H,3-4,8H2;3*1H;. The molecule has 1 aliphatic carbocycles. The summed E-state index contributed by atoms with van der Waals surface area (Å²) in [6.07, 6.45) is 2.68. The minimum atomic E-state index is -3.31. The fourth-order valence-electron chi connectivity index (χ4n) is 2.40. The van der Waals surface area contributed by atoms with Gasteiger partial charge in [0.05, 0.1) is 0 Å². The second-order valence-electron chi connectivity index (χ2n) is 4.18. The van der Waals surface area contributed by atoms with Gasteiger partial charge in [-0.2, -0.15) is 0 Å². The number of carbonyl (C=O) groups excluding carboxylic acids is 3. The van der Waals surface area contributed by atoms with E-state index in [1.54, 1.807) is 0 Å². The van der Waals surface area contributed by atoms with Crippen LogP contribution in [0.4, 0.5) is 0 Å². The first-order valence-electron chi connectivity index (χ1n) is 5.53. The normalized spacial score (nSPS) is 20.1. The summed E-state index contributed by atoms with van der Waals surface area (Å²) in [5.74, 6) is 0. The molecule has 0 radical (unpaired) electrons. The predicted molar refractivity (Wildman–Crippen MR) is 62.4 cm³/mol. The van der Waals surface area contributed by atoms with Crippen LogP contribution in [0, 0.1) is 0 Å². The third-order valence-corrected chi connectivity index (χ3v) is 7.17.